The number of aliphatic hydroxyl groups is 1. The quantitative estimate of drug-likeness (QED) is 0.641. The highest BCUT2D eigenvalue weighted by Gasteiger charge is 2.34. The largest absolute Gasteiger partial charge is 0.472 e. The van der Waals surface area contributed by atoms with Crippen molar-refractivity contribution in [1.29, 1.82) is 0 Å². The molecule has 8 heteroatoms. The second-order valence-electron chi connectivity index (χ2n) is 9.40. The zero-order valence-corrected chi connectivity index (χ0v) is 21.1. The maximum Gasteiger partial charge on any atom is 0.259 e. The molecule has 0 spiro atoms. The van der Waals surface area contributed by atoms with Crippen molar-refractivity contribution in [3.8, 4) is 17.7 Å². The van der Waals surface area contributed by atoms with E-state index in [1.165, 1.54) is 0 Å². The van der Waals surface area contributed by atoms with Crippen molar-refractivity contribution < 1.29 is 19.4 Å². The standard InChI is InChI=1S/C27H34N4O4/c1-18(2)9-10-21-12-23-26(29-14-21)35-24(19(3)15-31(27(23)34)20(4)17-32)16-30(5)25(33)13-22-8-6-7-11-28-22/h6-8,11-12,14,18-20,24,32H,13,15-17H2,1-5H3/t19-,20+,24+/m1/s1. The first kappa shape index (κ1) is 26.2. The van der Waals surface area contributed by atoms with Gasteiger partial charge in [-0.15, -0.1) is 0 Å². The van der Waals surface area contributed by atoms with Crippen LogP contribution in [-0.2, 0) is 11.2 Å². The molecule has 1 aliphatic rings. The molecule has 0 saturated carbocycles. The van der Waals surface area contributed by atoms with Crippen molar-refractivity contribution in [2.24, 2.45) is 11.8 Å². The highest BCUT2D eigenvalue weighted by molar-refractivity contribution is 5.97. The van der Waals surface area contributed by atoms with E-state index < -0.39 is 6.10 Å². The van der Waals surface area contributed by atoms with E-state index in [9.17, 15) is 14.7 Å². The summed E-state index contributed by atoms with van der Waals surface area (Å²) >= 11 is 0. The number of aliphatic hydroxyl groups excluding tert-OH is 1. The first-order valence-corrected chi connectivity index (χ1v) is 11.9. The summed E-state index contributed by atoms with van der Waals surface area (Å²) in [5.74, 6) is 6.08. The zero-order valence-electron chi connectivity index (χ0n) is 21.1. The Morgan fingerprint density at radius 3 is 2.74 bits per heavy atom. The molecular formula is C27H34N4O4. The number of fused-ring (bicyclic) bond motifs is 1. The number of nitrogens with zero attached hydrogens (tertiary/aromatic N) is 4. The molecule has 8 nitrogen and oxygen atoms in total. The minimum absolute atomic E-state index is 0.0780. The summed E-state index contributed by atoms with van der Waals surface area (Å²) in [7, 11) is 1.73. The van der Waals surface area contributed by atoms with Crippen LogP contribution in [0.5, 0.6) is 5.88 Å². The Morgan fingerprint density at radius 1 is 1.31 bits per heavy atom. The van der Waals surface area contributed by atoms with Gasteiger partial charge in [-0.05, 0) is 25.1 Å². The van der Waals surface area contributed by atoms with Crippen LogP contribution in [0.2, 0.25) is 0 Å². The Balaban J connectivity index is 1.89. The fourth-order valence-corrected chi connectivity index (χ4v) is 3.78. The van der Waals surface area contributed by atoms with Crippen LogP contribution in [0, 0.1) is 23.7 Å². The van der Waals surface area contributed by atoms with Gasteiger partial charge in [0.2, 0.25) is 11.8 Å². The molecule has 1 aliphatic heterocycles. The fraction of sp³-hybridized carbons (Fsp3) is 0.481. The molecule has 0 aromatic carbocycles. The third-order valence-corrected chi connectivity index (χ3v) is 5.96. The van der Waals surface area contributed by atoms with Crippen LogP contribution >= 0.6 is 0 Å². The van der Waals surface area contributed by atoms with Crippen LogP contribution in [0.4, 0.5) is 0 Å². The van der Waals surface area contributed by atoms with Crippen molar-refractivity contribution >= 4 is 11.8 Å². The van der Waals surface area contributed by atoms with Gasteiger partial charge in [0.05, 0.1) is 25.6 Å². The van der Waals surface area contributed by atoms with Gasteiger partial charge in [0.1, 0.15) is 11.7 Å². The number of pyridine rings is 2. The lowest BCUT2D eigenvalue weighted by Crippen LogP contribution is -2.50. The Bertz CT molecular complexity index is 1090. The van der Waals surface area contributed by atoms with Gasteiger partial charge in [-0.3, -0.25) is 14.6 Å². The lowest BCUT2D eigenvalue weighted by Gasteiger charge is -2.37. The topological polar surface area (TPSA) is 95.9 Å². The van der Waals surface area contributed by atoms with Gasteiger partial charge in [0.15, 0.2) is 0 Å². The van der Waals surface area contributed by atoms with Crippen molar-refractivity contribution in [2.75, 3.05) is 26.7 Å². The van der Waals surface area contributed by atoms with Crippen LogP contribution in [0.15, 0.2) is 36.7 Å². The lowest BCUT2D eigenvalue weighted by atomic mass is 9.99. The maximum absolute atomic E-state index is 13.4. The van der Waals surface area contributed by atoms with Crippen molar-refractivity contribution in [3.63, 3.8) is 0 Å². The number of hydrogen-bond donors (Lipinski definition) is 1. The third kappa shape index (κ3) is 6.80. The van der Waals surface area contributed by atoms with Crippen LogP contribution in [0.3, 0.4) is 0 Å². The normalized spacial score (nSPS) is 18.5. The summed E-state index contributed by atoms with van der Waals surface area (Å²) in [6, 6.07) is 6.80. The van der Waals surface area contributed by atoms with Crippen molar-refractivity contribution in [1.82, 2.24) is 19.8 Å². The van der Waals surface area contributed by atoms with E-state index in [2.05, 4.69) is 21.8 Å². The Kier molecular flexibility index (Phi) is 8.83. The molecule has 0 radical (unpaired) electrons. The van der Waals surface area contributed by atoms with E-state index in [-0.39, 0.29) is 48.6 Å². The highest BCUT2D eigenvalue weighted by atomic mass is 16.5. The number of likely N-dealkylation sites (N-methyl/N-ethyl adjacent to an activating group) is 1. The van der Waals surface area contributed by atoms with E-state index in [4.69, 9.17) is 4.74 Å². The number of rotatable bonds is 6. The Morgan fingerprint density at radius 2 is 2.09 bits per heavy atom. The average molecular weight is 479 g/mol. The predicted octanol–water partition coefficient (Wildman–Crippen LogP) is 2.41. The van der Waals surface area contributed by atoms with E-state index in [1.807, 2.05) is 39.0 Å². The number of hydrogen-bond acceptors (Lipinski definition) is 6. The second-order valence-corrected chi connectivity index (χ2v) is 9.40. The summed E-state index contributed by atoms with van der Waals surface area (Å²) in [5.41, 5.74) is 1.63. The summed E-state index contributed by atoms with van der Waals surface area (Å²) in [4.78, 5) is 38.2. The molecule has 0 saturated heterocycles. The summed E-state index contributed by atoms with van der Waals surface area (Å²) < 4.78 is 6.25. The molecule has 35 heavy (non-hydrogen) atoms. The number of carbonyl (C=O) groups excluding carboxylic acids is 2. The molecule has 186 valence electrons. The summed E-state index contributed by atoms with van der Waals surface area (Å²) in [6.45, 7) is 8.28. The minimum atomic E-state index is -0.409. The number of amides is 2. The maximum atomic E-state index is 13.4. The van der Waals surface area contributed by atoms with Gasteiger partial charge in [-0.25, -0.2) is 4.98 Å². The second kappa shape index (κ2) is 11.8. The Hall–Kier alpha value is -3.44. The first-order valence-electron chi connectivity index (χ1n) is 11.9. The van der Waals surface area contributed by atoms with E-state index in [1.54, 1.807) is 42.2 Å². The molecule has 0 bridgehead atoms. The number of aromatic nitrogens is 2. The van der Waals surface area contributed by atoms with E-state index in [0.29, 0.717) is 29.9 Å². The molecule has 3 atom stereocenters. The number of carbonyl (C=O) groups is 2. The monoisotopic (exact) mass is 478 g/mol. The van der Waals surface area contributed by atoms with Crippen molar-refractivity contribution in [3.05, 3.63) is 53.5 Å². The third-order valence-electron chi connectivity index (χ3n) is 5.96. The smallest absolute Gasteiger partial charge is 0.259 e. The molecule has 0 fully saturated rings. The molecule has 1 N–H and O–H groups in total. The van der Waals surface area contributed by atoms with E-state index >= 15 is 0 Å². The van der Waals surface area contributed by atoms with Gasteiger partial charge in [0, 0.05) is 49.1 Å². The number of ether oxygens (including phenoxy) is 1. The van der Waals surface area contributed by atoms with Crippen LogP contribution in [-0.4, -0.2) is 75.6 Å². The van der Waals surface area contributed by atoms with Crippen LogP contribution in [0.25, 0.3) is 0 Å². The van der Waals surface area contributed by atoms with Gasteiger partial charge in [0.25, 0.3) is 5.91 Å². The van der Waals surface area contributed by atoms with Crippen molar-refractivity contribution in [2.45, 2.75) is 46.3 Å². The van der Waals surface area contributed by atoms with Crippen LogP contribution in [0.1, 0.15) is 49.3 Å². The predicted molar refractivity (Wildman–Crippen MR) is 133 cm³/mol. The van der Waals surface area contributed by atoms with E-state index in [0.717, 1.165) is 0 Å². The summed E-state index contributed by atoms with van der Waals surface area (Å²) in [6.07, 6.45) is 3.05. The van der Waals surface area contributed by atoms with Gasteiger partial charge in [-0.1, -0.05) is 38.7 Å². The molecular weight excluding hydrogens is 444 g/mol. The molecule has 3 heterocycles. The molecule has 0 unspecified atom stereocenters. The van der Waals surface area contributed by atoms with Gasteiger partial charge in [-0.2, -0.15) is 0 Å². The minimum Gasteiger partial charge on any atom is -0.472 e. The highest BCUT2D eigenvalue weighted by Crippen LogP contribution is 2.27. The molecule has 2 aromatic heterocycles. The van der Waals surface area contributed by atoms with Gasteiger partial charge >= 0.3 is 0 Å². The zero-order chi connectivity index (χ0) is 25.5. The van der Waals surface area contributed by atoms with Gasteiger partial charge < -0.3 is 19.6 Å². The average Bonchev–Trinajstić information content (AvgIpc) is 2.84. The molecule has 3 rings (SSSR count). The SMILES string of the molecule is CC(C)C#Cc1cnc2c(c1)C(=O)N([C@@H](C)CO)C[C@@H](C)[C@H](CN(C)C(=O)Cc1ccccn1)O2. The fourth-order valence-electron chi connectivity index (χ4n) is 3.78. The molecule has 0 aliphatic carbocycles. The summed E-state index contributed by atoms with van der Waals surface area (Å²) in [5, 5.41) is 9.80. The van der Waals surface area contributed by atoms with Crippen LogP contribution < -0.4 is 4.74 Å². The molecule has 2 aromatic rings. The first-order chi connectivity index (χ1) is 16.7. The Labute approximate surface area is 207 Å². The lowest BCUT2D eigenvalue weighted by molar-refractivity contribution is -0.130. The molecule has 2 amide bonds.